The molecule has 136 valence electrons. The van der Waals surface area contributed by atoms with Crippen LogP contribution in [0.5, 0.6) is 5.75 Å². The lowest BCUT2D eigenvalue weighted by molar-refractivity contribution is -0.394. The van der Waals surface area contributed by atoms with Crippen LogP contribution in [0.15, 0.2) is 42.5 Å². The highest BCUT2D eigenvalue weighted by molar-refractivity contribution is 9.12. The number of hydrogen-bond acceptors (Lipinski definition) is 6. The van der Waals surface area contributed by atoms with Crippen molar-refractivity contribution in [3.63, 3.8) is 0 Å². The largest absolute Gasteiger partial charge is 0.427 e. The van der Waals surface area contributed by atoms with E-state index in [2.05, 4.69) is 31.9 Å². The Kier molecular flexibility index (Phi) is 6.43. The van der Waals surface area contributed by atoms with Gasteiger partial charge in [-0.2, -0.15) is 0 Å². The molecule has 0 radical (unpaired) electrons. The van der Waals surface area contributed by atoms with Gasteiger partial charge in [0, 0.05) is 18.6 Å². The molecular weight excluding hydrogens is 476 g/mol. The van der Waals surface area contributed by atoms with Crippen molar-refractivity contribution in [2.75, 3.05) is 0 Å². The molecule has 2 aromatic carbocycles. The van der Waals surface area contributed by atoms with Gasteiger partial charge in [0.1, 0.15) is 5.75 Å². The van der Waals surface area contributed by atoms with Crippen molar-refractivity contribution in [1.82, 2.24) is 0 Å². The molecule has 10 heteroatoms. The quantitative estimate of drug-likeness (QED) is 0.186. The lowest BCUT2D eigenvalue weighted by atomic mass is 10.0. The fraction of sp³-hybridized carbons (Fsp3) is 0.188. The van der Waals surface area contributed by atoms with Gasteiger partial charge in [-0.05, 0) is 23.8 Å². The Hall–Kier alpha value is -2.33. The average Bonchev–Trinajstić information content (AvgIpc) is 2.59. The number of halogens is 2. The van der Waals surface area contributed by atoms with Gasteiger partial charge in [-0.3, -0.25) is 25.0 Å². The highest BCUT2D eigenvalue weighted by Gasteiger charge is 2.29. The van der Waals surface area contributed by atoms with Crippen LogP contribution in [0.3, 0.4) is 0 Å². The van der Waals surface area contributed by atoms with Crippen LogP contribution in [0.1, 0.15) is 27.7 Å². The van der Waals surface area contributed by atoms with E-state index in [1.54, 1.807) is 24.3 Å². The number of nitro groups is 2. The summed E-state index contributed by atoms with van der Waals surface area (Å²) in [6.45, 7) is 1.28. The summed E-state index contributed by atoms with van der Waals surface area (Å²) in [7, 11) is 0. The number of ether oxygens (including phenoxy) is 1. The standard InChI is InChI=1S/C16H12Br2N2O6/c1-9(21)26-12-4-2-3-10(7-12)15(17)16(18)13-6-5-11(19(22)23)8-14(13)20(24)25/h2-8,15-16H,1H3. The summed E-state index contributed by atoms with van der Waals surface area (Å²) >= 11 is 6.89. The van der Waals surface area contributed by atoms with Gasteiger partial charge in [0.15, 0.2) is 0 Å². The summed E-state index contributed by atoms with van der Waals surface area (Å²) in [6, 6.07) is 10.2. The molecule has 2 rings (SSSR count). The fourth-order valence-corrected chi connectivity index (χ4v) is 3.54. The van der Waals surface area contributed by atoms with E-state index in [0.29, 0.717) is 11.3 Å². The van der Waals surface area contributed by atoms with Crippen molar-refractivity contribution < 1.29 is 19.4 Å². The number of carbonyl (C=O) groups excluding carboxylic acids is 1. The van der Waals surface area contributed by atoms with Crippen LogP contribution in [-0.2, 0) is 4.79 Å². The summed E-state index contributed by atoms with van der Waals surface area (Å²) in [5.41, 5.74) is 0.267. The lowest BCUT2D eigenvalue weighted by Crippen LogP contribution is -2.05. The van der Waals surface area contributed by atoms with Gasteiger partial charge in [-0.1, -0.05) is 44.0 Å². The van der Waals surface area contributed by atoms with Gasteiger partial charge in [-0.25, -0.2) is 0 Å². The van der Waals surface area contributed by atoms with Crippen LogP contribution in [-0.4, -0.2) is 15.8 Å². The van der Waals surface area contributed by atoms with Gasteiger partial charge in [0.05, 0.1) is 25.6 Å². The number of nitro benzene ring substituents is 2. The van der Waals surface area contributed by atoms with E-state index >= 15 is 0 Å². The molecule has 0 aromatic heterocycles. The molecule has 2 unspecified atom stereocenters. The number of nitrogens with zero attached hydrogens (tertiary/aromatic N) is 2. The molecule has 0 N–H and O–H groups in total. The van der Waals surface area contributed by atoms with Crippen molar-refractivity contribution in [3.05, 3.63) is 73.8 Å². The molecular formula is C16H12Br2N2O6. The number of esters is 1. The lowest BCUT2D eigenvalue weighted by Gasteiger charge is -2.18. The Morgan fingerprint density at radius 2 is 1.73 bits per heavy atom. The molecule has 0 saturated heterocycles. The normalized spacial score (nSPS) is 12.9. The molecule has 0 bridgehead atoms. The third-order valence-corrected chi connectivity index (χ3v) is 6.20. The molecule has 2 aromatic rings. The van der Waals surface area contributed by atoms with Crippen molar-refractivity contribution in [2.45, 2.75) is 16.6 Å². The molecule has 0 aliphatic carbocycles. The van der Waals surface area contributed by atoms with Crippen molar-refractivity contribution in [2.24, 2.45) is 0 Å². The smallest absolute Gasteiger partial charge is 0.308 e. The molecule has 2 atom stereocenters. The Balaban J connectivity index is 2.39. The van der Waals surface area contributed by atoms with E-state index in [4.69, 9.17) is 4.74 Å². The maximum absolute atomic E-state index is 11.3. The van der Waals surface area contributed by atoms with Crippen LogP contribution in [0.4, 0.5) is 11.4 Å². The van der Waals surface area contributed by atoms with Crippen molar-refractivity contribution in [1.29, 1.82) is 0 Å². The zero-order valence-electron chi connectivity index (χ0n) is 13.3. The monoisotopic (exact) mass is 486 g/mol. The Morgan fingerprint density at radius 3 is 2.31 bits per heavy atom. The minimum atomic E-state index is -0.686. The van der Waals surface area contributed by atoms with Gasteiger partial charge in [0.25, 0.3) is 11.4 Å². The van der Waals surface area contributed by atoms with E-state index in [-0.39, 0.29) is 16.9 Å². The topological polar surface area (TPSA) is 113 Å². The minimum Gasteiger partial charge on any atom is -0.427 e. The zero-order chi connectivity index (χ0) is 19.4. The third kappa shape index (κ3) is 4.64. The van der Waals surface area contributed by atoms with Crippen LogP contribution in [0.2, 0.25) is 0 Å². The van der Waals surface area contributed by atoms with E-state index in [1.807, 2.05) is 0 Å². The molecule has 0 aliphatic heterocycles. The SMILES string of the molecule is CC(=O)Oc1cccc(C(Br)C(Br)c2ccc([N+](=O)[O-])cc2[N+](=O)[O-])c1. The number of hydrogen-bond donors (Lipinski definition) is 0. The summed E-state index contributed by atoms with van der Waals surface area (Å²) in [5, 5.41) is 22.2. The molecule has 8 nitrogen and oxygen atoms in total. The van der Waals surface area contributed by atoms with E-state index in [1.165, 1.54) is 19.1 Å². The summed E-state index contributed by atoms with van der Waals surface area (Å²) < 4.78 is 5.04. The average molecular weight is 488 g/mol. The van der Waals surface area contributed by atoms with Crippen molar-refractivity contribution in [3.8, 4) is 5.75 Å². The number of carbonyl (C=O) groups is 1. The summed E-state index contributed by atoms with van der Waals surface area (Å²) in [4.78, 5) is 30.9. The highest BCUT2D eigenvalue weighted by atomic mass is 79.9. The van der Waals surface area contributed by atoms with Gasteiger partial charge >= 0.3 is 5.97 Å². The number of benzene rings is 2. The summed E-state index contributed by atoms with van der Waals surface area (Å²) in [5.74, 6) is -0.118. The minimum absolute atomic E-state index is 0.278. The number of rotatable bonds is 6. The Bertz CT molecular complexity index is 874. The molecule has 0 spiro atoms. The van der Waals surface area contributed by atoms with Crippen LogP contribution in [0.25, 0.3) is 0 Å². The number of alkyl halides is 2. The highest BCUT2D eigenvalue weighted by Crippen LogP contribution is 2.46. The maximum atomic E-state index is 11.3. The predicted octanol–water partition coefficient (Wildman–Crippen LogP) is 5.00. The molecule has 0 amide bonds. The van der Waals surface area contributed by atoms with E-state index < -0.39 is 25.5 Å². The van der Waals surface area contributed by atoms with Crippen LogP contribution in [0, 0.1) is 20.2 Å². The molecule has 0 aliphatic rings. The second-order valence-electron chi connectivity index (χ2n) is 5.23. The molecule has 0 fully saturated rings. The first-order chi connectivity index (χ1) is 12.2. The fourth-order valence-electron chi connectivity index (χ4n) is 2.28. The van der Waals surface area contributed by atoms with Crippen LogP contribution >= 0.6 is 31.9 Å². The second kappa shape index (κ2) is 8.37. The van der Waals surface area contributed by atoms with E-state index in [0.717, 1.165) is 6.07 Å². The molecule has 0 heterocycles. The first-order valence-corrected chi connectivity index (χ1v) is 9.03. The Morgan fingerprint density at radius 1 is 1.04 bits per heavy atom. The first kappa shape index (κ1) is 20.0. The van der Waals surface area contributed by atoms with E-state index in [9.17, 15) is 25.0 Å². The predicted molar refractivity (Wildman–Crippen MR) is 101 cm³/mol. The summed E-state index contributed by atoms with van der Waals surface area (Å²) in [6.07, 6.45) is 0. The first-order valence-electron chi connectivity index (χ1n) is 7.20. The Labute approximate surface area is 164 Å². The molecule has 26 heavy (non-hydrogen) atoms. The van der Waals surface area contributed by atoms with Gasteiger partial charge < -0.3 is 4.74 Å². The van der Waals surface area contributed by atoms with Crippen molar-refractivity contribution >= 4 is 49.2 Å². The third-order valence-electron chi connectivity index (χ3n) is 3.41. The molecule has 0 saturated carbocycles. The maximum Gasteiger partial charge on any atom is 0.308 e. The second-order valence-corrected chi connectivity index (χ2v) is 7.20. The zero-order valence-corrected chi connectivity index (χ0v) is 16.5. The van der Waals surface area contributed by atoms with Crippen LogP contribution < -0.4 is 4.74 Å². The number of non-ortho nitro benzene ring substituents is 1. The van der Waals surface area contributed by atoms with Gasteiger partial charge in [-0.15, -0.1) is 0 Å². The van der Waals surface area contributed by atoms with Gasteiger partial charge in [0.2, 0.25) is 0 Å².